The van der Waals surface area contributed by atoms with Gasteiger partial charge in [0, 0.05) is 29.7 Å². The Hall–Kier alpha value is -2.88. The third-order valence-corrected chi connectivity index (χ3v) is 2.80. The zero-order chi connectivity index (χ0) is 15.9. The number of nitrogens with zero attached hydrogens (tertiary/aromatic N) is 3. The highest BCUT2D eigenvalue weighted by atomic mass is 16.2. The quantitative estimate of drug-likeness (QED) is 0.155. The monoisotopic (exact) mass is 300 g/mol. The molecule has 114 valence electrons. The summed E-state index contributed by atoms with van der Waals surface area (Å²) in [5.41, 5.74) is 17.6. The van der Waals surface area contributed by atoms with Crippen molar-refractivity contribution < 1.29 is 4.79 Å². The maximum atomic E-state index is 12.0. The number of hydrogen-bond donors (Lipinski definition) is 5. The molecule has 0 radical (unpaired) electrons. The predicted octanol–water partition coefficient (Wildman–Crippen LogP) is -1.05. The summed E-state index contributed by atoms with van der Waals surface area (Å²) >= 11 is 0. The Labute approximate surface area is 126 Å². The van der Waals surface area contributed by atoms with Gasteiger partial charge in [-0.3, -0.25) is 20.6 Å². The number of pyridine rings is 2. The van der Waals surface area contributed by atoms with E-state index in [1.54, 1.807) is 24.5 Å². The van der Waals surface area contributed by atoms with Gasteiger partial charge in [-0.05, 0) is 24.3 Å². The summed E-state index contributed by atoms with van der Waals surface area (Å²) in [5, 5.41) is 3.84. The zero-order valence-electron chi connectivity index (χ0n) is 11.6. The maximum Gasteiger partial charge on any atom is 0.271 e. The first-order chi connectivity index (χ1) is 10.6. The lowest BCUT2D eigenvalue weighted by Crippen LogP contribution is -2.35. The van der Waals surface area contributed by atoms with E-state index in [4.69, 9.17) is 17.3 Å². The Bertz CT molecular complexity index is 673. The third kappa shape index (κ3) is 3.82. The topological polar surface area (TPSA) is 157 Å². The van der Waals surface area contributed by atoms with Crippen LogP contribution in [0.15, 0.2) is 48.0 Å². The van der Waals surface area contributed by atoms with Gasteiger partial charge in [-0.2, -0.15) is 5.10 Å². The van der Waals surface area contributed by atoms with Gasteiger partial charge in [-0.15, -0.1) is 0 Å². The molecule has 9 nitrogen and oxygen atoms in total. The lowest BCUT2D eigenvalue weighted by atomic mass is 10.2. The van der Waals surface area contributed by atoms with Crippen LogP contribution in [0.25, 0.3) is 0 Å². The van der Waals surface area contributed by atoms with Gasteiger partial charge in [0.2, 0.25) is 0 Å². The van der Waals surface area contributed by atoms with Crippen LogP contribution in [0.1, 0.15) is 27.8 Å². The molecule has 0 saturated carbocycles. The summed E-state index contributed by atoms with van der Waals surface area (Å²) in [6.45, 7) is 0. The maximum absolute atomic E-state index is 12.0. The third-order valence-electron chi connectivity index (χ3n) is 2.80. The van der Waals surface area contributed by atoms with Gasteiger partial charge in [0.05, 0.1) is 5.69 Å². The summed E-state index contributed by atoms with van der Waals surface area (Å²) in [6.07, 6.45) is 3.95. The van der Waals surface area contributed by atoms with E-state index in [-0.39, 0.29) is 5.84 Å². The fraction of sp³-hybridized carbons (Fsp3) is 0.0769. The number of rotatable bonds is 5. The molecule has 0 saturated heterocycles. The highest BCUT2D eigenvalue weighted by molar-refractivity contribution is 5.99. The van der Waals surface area contributed by atoms with E-state index in [9.17, 15) is 4.79 Å². The number of nitrogens with one attached hydrogen (secondary N) is 2. The van der Waals surface area contributed by atoms with Gasteiger partial charge in [0.25, 0.3) is 5.91 Å². The van der Waals surface area contributed by atoms with Gasteiger partial charge in [0.1, 0.15) is 6.17 Å². The van der Waals surface area contributed by atoms with Crippen LogP contribution in [-0.2, 0) is 0 Å². The van der Waals surface area contributed by atoms with Gasteiger partial charge >= 0.3 is 0 Å². The van der Waals surface area contributed by atoms with Crippen LogP contribution in [0, 0.1) is 0 Å². The lowest BCUT2D eigenvalue weighted by molar-refractivity contribution is 0.0954. The molecular formula is C13H16N8O. The van der Waals surface area contributed by atoms with E-state index in [1.807, 2.05) is 0 Å². The van der Waals surface area contributed by atoms with Crippen molar-refractivity contribution in [3.63, 3.8) is 0 Å². The Kier molecular flexibility index (Phi) is 5.09. The average molecular weight is 300 g/mol. The van der Waals surface area contributed by atoms with Crippen molar-refractivity contribution in [2.45, 2.75) is 6.17 Å². The second-order valence-electron chi connectivity index (χ2n) is 4.29. The Balaban J connectivity index is 2.09. The van der Waals surface area contributed by atoms with Crippen LogP contribution in [-0.4, -0.2) is 21.7 Å². The number of carbonyl (C=O) groups excluding carboxylic acids is 1. The van der Waals surface area contributed by atoms with Crippen molar-refractivity contribution in [3.05, 3.63) is 59.7 Å². The van der Waals surface area contributed by atoms with Crippen LogP contribution >= 0.6 is 0 Å². The summed E-state index contributed by atoms with van der Waals surface area (Å²) in [5.74, 6) is 4.97. The molecule has 1 amide bonds. The molecule has 0 aliphatic heterocycles. The van der Waals surface area contributed by atoms with Crippen molar-refractivity contribution in [2.24, 2.45) is 22.4 Å². The molecule has 0 aliphatic rings. The average Bonchev–Trinajstić information content (AvgIpc) is 2.59. The first-order valence-electron chi connectivity index (χ1n) is 6.33. The zero-order valence-corrected chi connectivity index (χ0v) is 11.6. The van der Waals surface area contributed by atoms with Crippen molar-refractivity contribution in [1.82, 2.24) is 20.8 Å². The minimum atomic E-state index is -0.668. The van der Waals surface area contributed by atoms with Crippen molar-refractivity contribution in [2.75, 3.05) is 0 Å². The van der Waals surface area contributed by atoms with E-state index in [0.29, 0.717) is 16.8 Å². The predicted molar refractivity (Wildman–Crippen MR) is 80.9 cm³/mol. The molecule has 2 aromatic rings. The SMILES string of the molecule is NNC(N)c1cc(C(=O)NN=C(N)c2ccncc2)ccn1. The van der Waals surface area contributed by atoms with Crippen molar-refractivity contribution in [3.8, 4) is 0 Å². The normalized spacial score (nSPS) is 12.7. The standard InChI is InChI=1S/C13H16N8O/c14-11(8-1-4-17-5-2-8)20-21-13(22)9-3-6-18-10(7-9)12(15)19-16/h1-7,12,19H,15-16H2,(H2,14,20)(H,21,22). The summed E-state index contributed by atoms with van der Waals surface area (Å²) in [7, 11) is 0. The summed E-state index contributed by atoms with van der Waals surface area (Å²) in [6, 6.07) is 6.40. The van der Waals surface area contributed by atoms with E-state index >= 15 is 0 Å². The molecule has 9 heteroatoms. The van der Waals surface area contributed by atoms with Crippen molar-refractivity contribution in [1.29, 1.82) is 0 Å². The molecule has 0 fully saturated rings. The summed E-state index contributed by atoms with van der Waals surface area (Å²) < 4.78 is 0. The smallest absolute Gasteiger partial charge is 0.271 e. The fourth-order valence-corrected chi connectivity index (χ4v) is 1.61. The van der Waals surface area contributed by atoms with E-state index in [1.165, 1.54) is 18.3 Å². The minimum absolute atomic E-state index is 0.172. The molecule has 0 bridgehead atoms. The molecule has 1 atom stereocenters. The van der Waals surface area contributed by atoms with Gasteiger partial charge in [0.15, 0.2) is 5.84 Å². The van der Waals surface area contributed by atoms with E-state index in [0.717, 1.165) is 0 Å². The second kappa shape index (κ2) is 7.22. The fourth-order valence-electron chi connectivity index (χ4n) is 1.61. The van der Waals surface area contributed by atoms with Crippen LogP contribution < -0.4 is 28.2 Å². The number of hydrazine groups is 1. The molecule has 8 N–H and O–H groups in total. The van der Waals surface area contributed by atoms with Gasteiger partial charge < -0.3 is 11.5 Å². The van der Waals surface area contributed by atoms with Gasteiger partial charge in [-0.25, -0.2) is 10.9 Å². The molecule has 0 aromatic carbocycles. The van der Waals surface area contributed by atoms with E-state index in [2.05, 4.69) is 25.9 Å². The Morgan fingerprint density at radius 1 is 1.18 bits per heavy atom. The molecule has 2 rings (SSSR count). The molecule has 1 unspecified atom stereocenters. The molecule has 22 heavy (non-hydrogen) atoms. The molecule has 0 aliphatic carbocycles. The number of amides is 1. The number of carbonyl (C=O) groups is 1. The highest BCUT2D eigenvalue weighted by Gasteiger charge is 2.10. The van der Waals surface area contributed by atoms with Crippen molar-refractivity contribution >= 4 is 11.7 Å². The summed E-state index contributed by atoms with van der Waals surface area (Å²) in [4.78, 5) is 19.9. The number of amidine groups is 1. The van der Waals surface area contributed by atoms with Crippen LogP contribution in [0.3, 0.4) is 0 Å². The van der Waals surface area contributed by atoms with E-state index < -0.39 is 12.1 Å². The molecule has 2 aromatic heterocycles. The largest absolute Gasteiger partial charge is 0.382 e. The molecule has 0 spiro atoms. The number of nitrogens with two attached hydrogens (primary N) is 3. The molecular weight excluding hydrogens is 284 g/mol. The first-order valence-corrected chi connectivity index (χ1v) is 6.33. The Morgan fingerprint density at radius 3 is 2.55 bits per heavy atom. The van der Waals surface area contributed by atoms with Crippen LogP contribution in [0.4, 0.5) is 0 Å². The Morgan fingerprint density at radius 2 is 1.86 bits per heavy atom. The number of aromatic nitrogens is 2. The van der Waals surface area contributed by atoms with Crippen LogP contribution in [0.2, 0.25) is 0 Å². The number of hydrogen-bond acceptors (Lipinski definition) is 7. The second-order valence-corrected chi connectivity index (χ2v) is 4.29. The highest BCUT2D eigenvalue weighted by Crippen LogP contribution is 2.06. The minimum Gasteiger partial charge on any atom is -0.382 e. The molecule has 2 heterocycles. The van der Waals surface area contributed by atoms with Gasteiger partial charge in [-0.1, -0.05) is 0 Å². The van der Waals surface area contributed by atoms with Crippen LogP contribution in [0.5, 0.6) is 0 Å². The first kappa shape index (κ1) is 15.5. The number of hydrazone groups is 1. The lowest BCUT2D eigenvalue weighted by Gasteiger charge is -2.10.